The fraction of sp³-hybridized carbons (Fsp3) is 0.118. The van der Waals surface area contributed by atoms with Crippen LogP contribution in [0.25, 0.3) is 0 Å². The van der Waals surface area contributed by atoms with Crippen molar-refractivity contribution in [2.75, 3.05) is 12.0 Å². The van der Waals surface area contributed by atoms with Gasteiger partial charge in [0.1, 0.15) is 11.6 Å². The van der Waals surface area contributed by atoms with Crippen molar-refractivity contribution >= 4 is 23.5 Å². The molecule has 0 spiro atoms. The lowest BCUT2D eigenvalue weighted by Gasteiger charge is -2.16. The Kier molecular flexibility index (Phi) is 3.99. The highest BCUT2D eigenvalue weighted by atomic mass is 19.1. The molecule has 7 heteroatoms. The summed E-state index contributed by atoms with van der Waals surface area (Å²) in [7, 11) is 1.49. The summed E-state index contributed by atoms with van der Waals surface area (Å²) in [6.45, 7) is -0.173. The number of benzene rings is 2. The number of rotatable bonds is 4. The summed E-state index contributed by atoms with van der Waals surface area (Å²) in [5, 5.41) is 0. The first-order valence-corrected chi connectivity index (χ1v) is 7.09. The number of carbonyl (C=O) groups is 3. The van der Waals surface area contributed by atoms with Crippen LogP contribution in [0.4, 0.5) is 14.9 Å². The maximum Gasteiger partial charge on any atom is 0.339 e. The minimum atomic E-state index is -0.944. The van der Waals surface area contributed by atoms with Crippen LogP contribution >= 0.6 is 0 Å². The molecule has 2 aromatic carbocycles. The molecule has 0 unspecified atom stereocenters. The number of ether oxygens (including phenoxy) is 1. The average Bonchev–Trinajstić information content (AvgIpc) is 2.79. The van der Waals surface area contributed by atoms with Gasteiger partial charge in [-0.15, -0.1) is 0 Å². The number of carbonyl (C=O) groups excluding carboxylic acids is 3. The Morgan fingerprint density at radius 1 is 1.00 bits per heavy atom. The molecule has 1 fully saturated rings. The Morgan fingerprint density at radius 3 is 2.33 bits per heavy atom. The number of hydrogen-bond donors (Lipinski definition) is 0. The normalized spacial score (nSPS) is 14.5. The summed E-state index contributed by atoms with van der Waals surface area (Å²) in [5.41, 5.74) is 0.682. The van der Waals surface area contributed by atoms with Crippen LogP contribution in [0.5, 0.6) is 5.75 Å². The standard InChI is InChI=1S/C17H13FN2O4/c1-24-14-7-5-13(6-8-14)20-16(22)15(21)19(17(20)23)10-11-3-2-4-12(18)9-11/h2-9H,10H2,1H3. The summed E-state index contributed by atoms with van der Waals surface area (Å²) in [4.78, 5) is 38.3. The minimum Gasteiger partial charge on any atom is -0.497 e. The predicted octanol–water partition coefficient (Wildman–Crippen LogP) is 2.33. The lowest BCUT2D eigenvalue weighted by molar-refractivity contribution is -0.139. The monoisotopic (exact) mass is 328 g/mol. The Labute approximate surface area is 137 Å². The molecule has 2 aromatic rings. The van der Waals surface area contributed by atoms with E-state index in [0.717, 1.165) is 9.80 Å². The van der Waals surface area contributed by atoms with Gasteiger partial charge in [-0.05, 0) is 42.0 Å². The summed E-state index contributed by atoms with van der Waals surface area (Å²) in [6, 6.07) is 10.9. The number of nitrogens with zero attached hydrogens (tertiary/aromatic N) is 2. The highest BCUT2D eigenvalue weighted by Crippen LogP contribution is 2.25. The summed E-state index contributed by atoms with van der Waals surface area (Å²) < 4.78 is 18.3. The molecule has 6 nitrogen and oxygen atoms in total. The van der Waals surface area contributed by atoms with E-state index in [1.54, 1.807) is 18.2 Å². The van der Waals surface area contributed by atoms with Crippen molar-refractivity contribution in [1.29, 1.82) is 0 Å². The topological polar surface area (TPSA) is 66.9 Å². The first-order valence-electron chi connectivity index (χ1n) is 7.09. The zero-order chi connectivity index (χ0) is 17.3. The smallest absolute Gasteiger partial charge is 0.339 e. The van der Waals surface area contributed by atoms with E-state index in [-0.39, 0.29) is 12.2 Å². The number of urea groups is 1. The van der Waals surface area contributed by atoms with Crippen LogP contribution in [-0.4, -0.2) is 29.9 Å². The van der Waals surface area contributed by atoms with Gasteiger partial charge < -0.3 is 4.74 Å². The predicted molar refractivity (Wildman–Crippen MR) is 82.8 cm³/mol. The molecule has 3 rings (SSSR count). The number of anilines is 1. The highest BCUT2D eigenvalue weighted by molar-refractivity contribution is 6.52. The summed E-state index contributed by atoms with van der Waals surface area (Å²) in [6.07, 6.45) is 0. The summed E-state index contributed by atoms with van der Waals surface area (Å²) in [5.74, 6) is -1.81. The molecule has 0 N–H and O–H groups in total. The fourth-order valence-corrected chi connectivity index (χ4v) is 2.42. The Balaban J connectivity index is 1.87. The van der Waals surface area contributed by atoms with Gasteiger partial charge in [-0.1, -0.05) is 12.1 Å². The molecule has 1 aliphatic heterocycles. The quantitative estimate of drug-likeness (QED) is 0.638. The molecule has 1 heterocycles. The van der Waals surface area contributed by atoms with Crippen molar-refractivity contribution in [1.82, 2.24) is 4.90 Å². The maximum absolute atomic E-state index is 13.2. The van der Waals surface area contributed by atoms with Crippen molar-refractivity contribution in [2.45, 2.75) is 6.54 Å². The van der Waals surface area contributed by atoms with E-state index >= 15 is 0 Å². The van der Waals surface area contributed by atoms with Crippen molar-refractivity contribution in [3.63, 3.8) is 0 Å². The van der Waals surface area contributed by atoms with Gasteiger partial charge in [-0.25, -0.2) is 14.1 Å². The number of halogens is 1. The molecule has 1 aliphatic rings. The number of hydrogen-bond acceptors (Lipinski definition) is 4. The van der Waals surface area contributed by atoms with Crippen LogP contribution in [0.1, 0.15) is 5.56 Å². The van der Waals surface area contributed by atoms with E-state index in [0.29, 0.717) is 11.3 Å². The van der Waals surface area contributed by atoms with Gasteiger partial charge in [0, 0.05) is 0 Å². The van der Waals surface area contributed by atoms with Crippen LogP contribution in [0.15, 0.2) is 48.5 Å². The van der Waals surface area contributed by atoms with Gasteiger partial charge in [0.15, 0.2) is 0 Å². The Bertz CT molecular complexity index is 820. The molecule has 0 bridgehead atoms. The second kappa shape index (κ2) is 6.11. The van der Waals surface area contributed by atoms with Crippen LogP contribution < -0.4 is 9.64 Å². The molecule has 0 atom stereocenters. The number of imide groups is 2. The Morgan fingerprint density at radius 2 is 1.71 bits per heavy atom. The van der Waals surface area contributed by atoms with Gasteiger partial charge in [0.2, 0.25) is 0 Å². The van der Waals surface area contributed by atoms with E-state index in [4.69, 9.17) is 4.74 Å². The second-order valence-electron chi connectivity index (χ2n) is 5.14. The number of amides is 4. The fourth-order valence-electron chi connectivity index (χ4n) is 2.42. The molecule has 122 valence electrons. The zero-order valence-electron chi connectivity index (χ0n) is 12.7. The molecule has 0 aromatic heterocycles. The molecule has 0 aliphatic carbocycles. The molecule has 0 radical (unpaired) electrons. The van der Waals surface area contributed by atoms with E-state index < -0.39 is 23.7 Å². The third-order valence-electron chi connectivity index (χ3n) is 3.61. The molecule has 0 saturated carbocycles. The van der Waals surface area contributed by atoms with Crippen LogP contribution in [0, 0.1) is 5.82 Å². The SMILES string of the molecule is COc1ccc(N2C(=O)C(=O)N(Cc3cccc(F)c3)C2=O)cc1. The van der Waals surface area contributed by atoms with E-state index in [2.05, 4.69) is 0 Å². The lowest BCUT2D eigenvalue weighted by Crippen LogP contribution is -2.33. The van der Waals surface area contributed by atoms with E-state index in [1.165, 1.54) is 37.4 Å². The van der Waals surface area contributed by atoms with Crippen molar-refractivity contribution in [3.8, 4) is 5.75 Å². The molecule has 1 saturated heterocycles. The van der Waals surface area contributed by atoms with Gasteiger partial charge in [-0.3, -0.25) is 14.5 Å². The first-order chi connectivity index (χ1) is 11.5. The van der Waals surface area contributed by atoms with Crippen LogP contribution in [-0.2, 0) is 16.1 Å². The number of methoxy groups -OCH3 is 1. The van der Waals surface area contributed by atoms with Crippen molar-refractivity contribution < 1.29 is 23.5 Å². The maximum atomic E-state index is 13.2. The third kappa shape index (κ3) is 2.71. The summed E-state index contributed by atoms with van der Waals surface area (Å²) >= 11 is 0. The van der Waals surface area contributed by atoms with E-state index in [9.17, 15) is 18.8 Å². The van der Waals surface area contributed by atoms with E-state index in [1.807, 2.05) is 0 Å². The minimum absolute atomic E-state index is 0.173. The molecule has 24 heavy (non-hydrogen) atoms. The molecular weight excluding hydrogens is 315 g/mol. The molecular formula is C17H13FN2O4. The third-order valence-corrected chi connectivity index (χ3v) is 3.61. The largest absolute Gasteiger partial charge is 0.497 e. The van der Waals surface area contributed by atoms with Crippen molar-refractivity contribution in [3.05, 3.63) is 59.9 Å². The Hall–Kier alpha value is -3.22. The van der Waals surface area contributed by atoms with Crippen molar-refractivity contribution in [2.24, 2.45) is 0 Å². The zero-order valence-corrected chi connectivity index (χ0v) is 12.7. The van der Waals surface area contributed by atoms with Gasteiger partial charge >= 0.3 is 17.8 Å². The van der Waals surface area contributed by atoms with Gasteiger partial charge in [0.05, 0.1) is 19.3 Å². The average molecular weight is 328 g/mol. The van der Waals surface area contributed by atoms with Crippen LogP contribution in [0.2, 0.25) is 0 Å². The van der Waals surface area contributed by atoms with Gasteiger partial charge in [-0.2, -0.15) is 0 Å². The lowest BCUT2D eigenvalue weighted by atomic mass is 10.2. The second-order valence-corrected chi connectivity index (χ2v) is 5.14. The first kappa shape index (κ1) is 15.7. The highest BCUT2D eigenvalue weighted by Gasteiger charge is 2.45. The van der Waals surface area contributed by atoms with Gasteiger partial charge in [0.25, 0.3) is 0 Å². The molecule has 4 amide bonds. The van der Waals surface area contributed by atoms with Crippen LogP contribution in [0.3, 0.4) is 0 Å².